The van der Waals surface area contributed by atoms with Gasteiger partial charge in [-0.05, 0) is 44.2 Å². The number of amides is 2. The molecule has 0 saturated carbocycles. The van der Waals surface area contributed by atoms with Gasteiger partial charge in [-0.15, -0.1) is 0 Å². The number of anilines is 1. The van der Waals surface area contributed by atoms with Gasteiger partial charge in [0.1, 0.15) is 17.9 Å². The number of aromatic nitrogens is 4. The third-order valence-electron chi connectivity index (χ3n) is 4.19. The van der Waals surface area contributed by atoms with Gasteiger partial charge in [0, 0.05) is 18.1 Å². The fourth-order valence-corrected chi connectivity index (χ4v) is 2.80. The van der Waals surface area contributed by atoms with Crippen molar-refractivity contribution < 1.29 is 14.5 Å². The average Bonchev–Trinajstić information content (AvgIpc) is 3.29. The molecule has 29 heavy (non-hydrogen) atoms. The van der Waals surface area contributed by atoms with E-state index < -0.39 is 16.7 Å². The van der Waals surface area contributed by atoms with Crippen molar-refractivity contribution in [2.45, 2.75) is 20.4 Å². The maximum Gasteiger partial charge on any atom is 0.312 e. The molecule has 0 aliphatic carbocycles. The first kappa shape index (κ1) is 19.7. The van der Waals surface area contributed by atoms with Crippen molar-refractivity contribution in [1.82, 2.24) is 24.9 Å². The molecule has 0 unspecified atom stereocenters. The predicted molar refractivity (Wildman–Crippen MR) is 104 cm³/mol. The van der Waals surface area contributed by atoms with Gasteiger partial charge in [-0.1, -0.05) is 0 Å². The van der Waals surface area contributed by atoms with Gasteiger partial charge in [0.15, 0.2) is 0 Å². The lowest BCUT2D eigenvalue weighted by Gasteiger charge is -2.08. The van der Waals surface area contributed by atoms with Crippen LogP contribution in [0.2, 0.25) is 0 Å². The molecule has 2 N–H and O–H groups in total. The van der Waals surface area contributed by atoms with E-state index in [2.05, 4.69) is 20.8 Å². The highest BCUT2D eigenvalue weighted by atomic mass is 16.6. The van der Waals surface area contributed by atoms with Crippen LogP contribution in [0.5, 0.6) is 0 Å². The summed E-state index contributed by atoms with van der Waals surface area (Å²) < 4.78 is 2.93. The Labute approximate surface area is 165 Å². The number of nitrogens with zero attached hydrogens (tertiary/aromatic N) is 5. The Morgan fingerprint density at radius 2 is 1.90 bits per heavy atom. The van der Waals surface area contributed by atoms with E-state index in [1.165, 1.54) is 18.5 Å². The Hall–Kier alpha value is -4.02. The summed E-state index contributed by atoms with van der Waals surface area (Å²) in [4.78, 5) is 34.6. The van der Waals surface area contributed by atoms with Crippen LogP contribution in [-0.4, -0.2) is 42.8 Å². The van der Waals surface area contributed by atoms with Crippen molar-refractivity contribution in [3.8, 4) is 5.69 Å². The lowest BCUT2D eigenvalue weighted by molar-refractivity contribution is -0.386. The normalized spacial score (nSPS) is 10.6. The summed E-state index contributed by atoms with van der Waals surface area (Å²) in [6.07, 6.45) is 3.48. The van der Waals surface area contributed by atoms with Crippen LogP contribution in [-0.2, 0) is 16.1 Å². The fraction of sp³-hybridized carbons (Fsp3) is 0.222. The number of aryl methyl sites for hydroxylation is 1. The van der Waals surface area contributed by atoms with Gasteiger partial charge < -0.3 is 10.6 Å². The molecule has 2 aromatic heterocycles. The molecule has 2 amide bonds. The second kappa shape index (κ2) is 8.33. The van der Waals surface area contributed by atoms with Crippen LogP contribution in [0.15, 0.2) is 42.7 Å². The minimum Gasteiger partial charge on any atom is -0.345 e. The monoisotopic (exact) mass is 397 g/mol. The number of hydrogen-bond donors (Lipinski definition) is 2. The summed E-state index contributed by atoms with van der Waals surface area (Å²) in [7, 11) is 0. The minimum absolute atomic E-state index is 0.117. The first-order chi connectivity index (χ1) is 13.8. The number of carbonyl (C=O) groups is 2. The summed E-state index contributed by atoms with van der Waals surface area (Å²) in [5, 5.41) is 24.3. The van der Waals surface area contributed by atoms with Crippen LogP contribution in [0.25, 0.3) is 5.69 Å². The van der Waals surface area contributed by atoms with E-state index in [0.717, 1.165) is 5.69 Å². The SMILES string of the molecule is Cc1nn(CC(=O)NCC(=O)Nc2ccc(-n3cccn3)cc2)c(C)c1[N+](=O)[O-]. The van der Waals surface area contributed by atoms with Gasteiger partial charge in [-0.2, -0.15) is 10.2 Å². The zero-order valence-electron chi connectivity index (χ0n) is 15.8. The van der Waals surface area contributed by atoms with Crippen LogP contribution in [0.3, 0.4) is 0 Å². The zero-order chi connectivity index (χ0) is 21.0. The molecule has 11 heteroatoms. The number of nitro groups is 1. The second-order valence-corrected chi connectivity index (χ2v) is 6.26. The van der Waals surface area contributed by atoms with Gasteiger partial charge in [0.05, 0.1) is 17.2 Å². The van der Waals surface area contributed by atoms with Crippen LogP contribution in [0.4, 0.5) is 11.4 Å². The van der Waals surface area contributed by atoms with E-state index in [0.29, 0.717) is 5.69 Å². The first-order valence-electron chi connectivity index (χ1n) is 8.70. The lowest BCUT2D eigenvalue weighted by atomic mass is 10.3. The molecule has 1 aromatic carbocycles. The minimum atomic E-state index is -0.531. The van der Waals surface area contributed by atoms with Gasteiger partial charge in [-0.25, -0.2) is 4.68 Å². The zero-order valence-corrected chi connectivity index (χ0v) is 15.8. The van der Waals surface area contributed by atoms with Crippen molar-refractivity contribution in [2.75, 3.05) is 11.9 Å². The molecule has 0 fully saturated rings. The first-order valence-corrected chi connectivity index (χ1v) is 8.70. The van der Waals surface area contributed by atoms with Gasteiger partial charge in [0.25, 0.3) is 0 Å². The Kier molecular flexibility index (Phi) is 5.67. The maximum absolute atomic E-state index is 12.1. The smallest absolute Gasteiger partial charge is 0.312 e. The van der Waals surface area contributed by atoms with E-state index in [4.69, 9.17) is 0 Å². The highest BCUT2D eigenvalue weighted by Gasteiger charge is 2.22. The topological polar surface area (TPSA) is 137 Å². The molecular formula is C18H19N7O4. The highest BCUT2D eigenvalue weighted by molar-refractivity contribution is 5.94. The van der Waals surface area contributed by atoms with Crippen molar-refractivity contribution >= 4 is 23.2 Å². The molecule has 0 aliphatic rings. The number of benzene rings is 1. The summed E-state index contributed by atoms with van der Waals surface area (Å²) >= 11 is 0. The Balaban J connectivity index is 1.51. The van der Waals surface area contributed by atoms with Gasteiger partial charge in [-0.3, -0.25) is 24.4 Å². The van der Waals surface area contributed by atoms with Crippen LogP contribution >= 0.6 is 0 Å². The molecule has 0 radical (unpaired) electrons. The Bertz CT molecular complexity index is 1040. The van der Waals surface area contributed by atoms with Gasteiger partial charge >= 0.3 is 5.69 Å². The highest BCUT2D eigenvalue weighted by Crippen LogP contribution is 2.21. The predicted octanol–water partition coefficient (Wildman–Crippen LogP) is 1.35. The maximum atomic E-state index is 12.1. The molecule has 0 bridgehead atoms. The number of rotatable bonds is 7. The van der Waals surface area contributed by atoms with Crippen molar-refractivity contribution in [2.24, 2.45) is 0 Å². The molecule has 0 aliphatic heterocycles. The van der Waals surface area contributed by atoms with Crippen molar-refractivity contribution in [1.29, 1.82) is 0 Å². The van der Waals surface area contributed by atoms with E-state index in [-0.39, 0.29) is 30.2 Å². The second-order valence-electron chi connectivity index (χ2n) is 6.26. The quantitative estimate of drug-likeness (QED) is 0.456. The molecule has 0 spiro atoms. The number of carbonyl (C=O) groups excluding carboxylic acids is 2. The molecule has 0 saturated heterocycles. The van der Waals surface area contributed by atoms with Crippen LogP contribution in [0.1, 0.15) is 11.4 Å². The Morgan fingerprint density at radius 1 is 1.17 bits per heavy atom. The third kappa shape index (κ3) is 4.64. The molecular weight excluding hydrogens is 378 g/mol. The molecule has 11 nitrogen and oxygen atoms in total. The van der Waals surface area contributed by atoms with E-state index in [1.54, 1.807) is 41.3 Å². The van der Waals surface area contributed by atoms with Crippen LogP contribution in [0, 0.1) is 24.0 Å². The molecule has 150 valence electrons. The van der Waals surface area contributed by atoms with E-state index >= 15 is 0 Å². The van der Waals surface area contributed by atoms with Gasteiger partial charge in [0.2, 0.25) is 11.8 Å². The molecule has 3 aromatic rings. The van der Waals surface area contributed by atoms with Crippen molar-refractivity contribution in [3.63, 3.8) is 0 Å². The van der Waals surface area contributed by atoms with Crippen LogP contribution < -0.4 is 10.6 Å². The average molecular weight is 397 g/mol. The summed E-state index contributed by atoms with van der Waals surface area (Å²) in [5.41, 5.74) is 1.82. The summed E-state index contributed by atoms with van der Waals surface area (Å²) in [5.74, 6) is -0.876. The summed E-state index contributed by atoms with van der Waals surface area (Å²) in [6.45, 7) is 2.57. The van der Waals surface area contributed by atoms with E-state index in [9.17, 15) is 19.7 Å². The molecule has 0 atom stereocenters. The molecule has 2 heterocycles. The standard InChI is InChI=1S/C18H19N7O4/c1-12-18(25(28)29)13(2)24(22-12)11-17(27)19-10-16(26)21-14-4-6-15(7-5-14)23-9-3-8-20-23/h3-9H,10-11H2,1-2H3,(H,19,27)(H,21,26). The third-order valence-corrected chi connectivity index (χ3v) is 4.19. The number of hydrogen-bond acceptors (Lipinski definition) is 6. The largest absolute Gasteiger partial charge is 0.345 e. The van der Waals surface area contributed by atoms with Crippen molar-refractivity contribution in [3.05, 3.63) is 64.2 Å². The number of nitrogens with one attached hydrogen (secondary N) is 2. The fourth-order valence-electron chi connectivity index (χ4n) is 2.80. The lowest BCUT2D eigenvalue weighted by Crippen LogP contribution is -2.35. The van der Waals surface area contributed by atoms with E-state index in [1.807, 2.05) is 6.07 Å². The Morgan fingerprint density at radius 3 is 2.48 bits per heavy atom. The molecule has 3 rings (SSSR count). The summed E-state index contributed by atoms with van der Waals surface area (Å²) in [6, 6.07) is 8.87.